The van der Waals surface area contributed by atoms with Crippen LogP contribution in [0.1, 0.15) is 52.2 Å². The Morgan fingerprint density at radius 1 is 0.978 bits per heavy atom. The van der Waals surface area contributed by atoms with Crippen LogP contribution in [-0.4, -0.2) is 63.6 Å². The number of carbonyl (C=O) groups is 4. The molecule has 0 unspecified atom stereocenters. The van der Waals surface area contributed by atoms with Crippen LogP contribution in [0.15, 0.2) is 59.8 Å². The lowest BCUT2D eigenvalue weighted by molar-refractivity contribution is -0.123. The van der Waals surface area contributed by atoms with Crippen LogP contribution in [0.2, 0.25) is 0 Å². The first-order chi connectivity index (χ1) is 22.1. The Hall–Kier alpha value is -4.76. The van der Waals surface area contributed by atoms with Gasteiger partial charge in [0.2, 0.25) is 5.91 Å². The van der Waals surface area contributed by atoms with Crippen LogP contribution < -0.4 is 15.4 Å². The average Bonchev–Trinajstić information content (AvgIpc) is 3.59. The summed E-state index contributed by atoms with van der Waals surface area (Å²) >= 11 is 1.97. The number of hydrogen-bond donors (Lipinski definition) is 2. The highest BCUT2D eigenvalue weighted by Crippen LogP contribution is 2.35. The zero-order chi connectivity index (χ0) is 33.2. The van der Waals surface area contributed by atoms with Crippen molar-refractivity contribution < 1.29 is 37.8 Å². The molecule has 0 aliphatic rings. The number of para-hydroxylation sites is 1. The minimum Gasteiger partial charge on any atom is -0.484 e. The maximum absolute atomic E-state index is 13.8. The van der Waals surface area contributed by atoms with E-state index >= 15 is 0 Å². The molecule has 0 bridgehead atoms. The van der Waals surface area contributed by atoms with E-state index in [9.17, 15) is 23.6 Å². The van der Waals surface area contributed by atoms with Gasteiger partial charge in [0.05, 0.1) is 30.6 Å². The molecule has 0 radical (unpaired) electrons. The van der Waals surface area contributed by atoms with Gasteiger partial charge in [-0.15, -0.1) is 21.5 Å². The van der Waals surface area contributed by atoms with Gasteiger partial charge >= 0.3 is 11.9 Å². The molecule has 242 valence electrons. The Kier molecular flexibility index (Phi) is 11.9. The number of amides is 2. The van der Waals surface area contributed by atoms with Gasteiger partial charge in [0.15, 0.2) is 17.6 Å². The van der Waals surface area contributed by atoms with Gasteiger partial charge in [0.25, 0.3) is 5.91 Å². The molecule has 0 aliphatic heterocycles. The summed E-state index contributed by atoms with van der Waals surface area (Å²) in [6, 6.07) is 14.5. The normalized spacial score (nSPS) is 11.4. The summed E-state index contributed by atoms with van der Waals surface area (Å²) in [5.74, 6) is -1.76. The van der Waals surface area contributed by atoms with Crippen LogP contribution in [0, 0.1) is 12.7 Å². The van der Waals surface area contributed by atoms with Crippen molar-refractivity contribution in [2.24, 2.45) is 0 Å². The average molecular weight is 670 g/mol. The smallest absolute Gasteiger partial charge is 0.348 e. The Bertz CT molecular complexity index is 1690. The summed E-state index contributed by atoms with van der Waals surface area (Å²) in [6.07, 6.45) is 0. The second-order valence-corrected chi connectivity index (χ2v) is 11.9. The minimum absolute atomic E-state index is 0.0312. The van der Waals surface area contributed by atoms with E-state index in [-0.39, 0.29) is 41.8 Å². The van der Waals surface area contributed by atoms with Gasteiger partial charge in [-0.25, -0.2) is 14.0 Å². The molecule has 0 saturated heterocycles. The number of anilines is 1. The first-order valence-corrected chi connectivity index (χ1v) is 15.9. The van der Waals surface area contributed by atoms with E-state index in [1.165, 1.54) is 24.3 Å². The molecule has 0 fully saturated rings. The predicted octanol–water partition coefficient (Wildman–Crippen LogP) is 4.94. The summed E-state index contributed by atoms with van der Waals surface area (Å²) < 4.78 is 31.1. The number of benzene rings is 2. The molecule has 2 amide bonds. The Labute approximate surface area is 272 Å². The van der Waals surface area contributed by atoms with Crippen molar-refractivity contribution >= 4 is 51.9 Å². The molecule has 2 N–H and O–H groups in total. The Balaban J connectivity index is 1.53. The topological polar surface area (TPSA) is 151 Å². The van der Waals surface area contributed by atoms with Crippen LogP contribution in [0.3, 0.4) is 0 Å². The fraction of sp³-hybridized carbons (Fsp3) is 0.290. The lowest BCUT2D eigenvalue weighted by Crippen LogP contribution is -2.29. The summed E-state index contributed by atoms with van der Waals surface area (Å²) in [7, 11) is 0. The van der Waals surface area contributed by atoms with Gasteiger partial charge in [-0.3, -0.25) is 14.2 Å². The number of esters is 2. The van der Waals surface area contributed by atoms with Gasteiger partial charge in [0, 0.05) is 5.69 Å². The van der Waals surface area contributed by atoms with E-state index < -0.39 is 34.8 Å². The number of nitrogens with one attached hydrogen (secondary N) is 2. The quantitative estimate of drug-likeness (QED) is 0.140. The first kappa shape index (κ1) is 34.1. The fourth-order valence-electron chi connectivity index (χ4n) is 4.10. The molecule has 12 nitrogen and oxygen atoms in total. The highest BCUT2D eigenvalue weighted by molar-refractivity contribution is 8.00. The molecule has 4 aromatic rings. The molecule has 4 rings (SSSR count). The number of thiophene rings is 1. The minimum atomic E-state index is -0.784. The third-order valence-electron chi connectivity index (χ3n) is 6.32. The molecule has 2 aromatic carbocycles. The summed E-state index contributed by atoms with van der Waals surface area (Å²) in [4.78, 5) is 51.3. The van der Waals surface area contributed by atoms with E-state index in [0.717, 1.165) is 23.1 Å². The molecular formula is C31H32FN5O7S2. The SMILES string of the molecule is CCOC(=O)c1sc(NC(=O)[C@@H](C)Sc2nnc(CNC(=O)COc3ccccc3)n2-c2ccc(F)cc2)c(C(=O)OCC)c1C. The second-order valence-electron chi connectivity index (χ2n) is 9.54. The third-order valence-corrected chi connectivity index (χ3v) is 8.55. The summed E-state index contributed by atoms with van der Waals surface area (Å²) in [5.41, 5.74) is 0.919. The van der Waals surface area contributed by atoms with Crippen LogP contribution in [-0.2, 0) is 25.6 Å². The van der Waals surface area contributed by atoms with Gasteiger partial charge < -0.3 is 24.8 Å². The van der Waals surface area contributed by atoms with E-state index in [4.69, 9.17) is 14.2 Å². The third kappa shape index (κ3) is 8.48. The van der Waals surface area contributed by atoms with Crippen LogP contribution >= 0.6 is 23.1 Å². The number of rotatable bonds is 14. The molecule has 0 aliphatic carbocycles. The molecule has 2 aromatic heterocycles. The van der Waals surface area contributed by atoms with Gasteiger partial charge in [0.1, 0.15) is 21.4 Å². The number of nitrogens with zero attached hydrogens (tertiary/aromatic N) is 3. The first-order valence-electron chi connectivity index (χ1n) is 14.2. The van der Waals surface area contributed by atoms with E-state index in [1.807, 2.05) is 6.07 Å². The van der Waals surface area contributed by atoms with Crippen molar-refractivity contribution in [3.05, 3.63) is 82.2 Å². The fourth-order valence-corrected chi connectivity index (χ4v) is 6.08. The van der Waals surface area contributed by atoms with Crippen molar-refractivity contribution in [3.63, 3.8) is 0 Å². The van der Waals surface area contributed by atoms with Crippen LogP contribution in [0.4, 0.5) is 9.39 Å². The maximum atomic E-state index is 13.8. The molecular weight excluding hydrogens is 638 g/mol. The van der Waals surface area contributed by atoms with Crippen molar-refractivity contribution in [2.45, 2.75) is 44.6 Å². The van der Waals surface area contributed by atoms with Crippen LogP contribution in [0.5, 0.6) is 5.75 Å². The molecule has 0 spiro atoms. The zero-order valence-corrected chi connectivity index (χ0v) is 27.1. The van der Waals surface area contributed by atoms with E-state index in [0.29, 0.717) is 28.0 Å². The molecule has 15 heteroatoms. The standard InChI is InChI=1S/C31H32FN5O7S2/c1-5-42-29(40)25-18(3)26(30(41)43-6-2)46-28(25)34-27(39)19(4)45-31-36-35-23(37(31)21-14-12-20(32)13-15-21)16-33-24(38)17-44-22-10-8-7-9-11-22/h7-15,19H,5-6,16-17H2,1-4H3,(H,33,38)(H,34,39)/t19-/m1/s1. The molecule has 46 heavy (non-hydrogen) atoms. The van der Waals surface area contributed by atoms with Gasteiger partial charge in [-0.2, -0.15) is 0 Å². The van der Waals surface area contributed by atoms with Gasteiger partial charge in [-0.1, -0.05) is 30.0 Å². The number of carbonyl (C=O) groups excluding carboxylic acids is 4. The number of thioether (sulfide) groups is 1. The van der Waals surface area contributed by atoms with E-state index in [1.54, 1.807) is 56.5 Å². The maximum Gasteiger partial charge on any atom is 0.348 e. The Morgan fingerprint density at radius 3 is 2.33 bits per heavy atom. The monoisotopic (exact) mass is 669 g/mol. The van der Waals surface area contributed by atoms with Gasteiger partial charge in [-0.05, 0) is 69.7 Å². The molecule has 2 heterocycles. The largest absolute Gasteiger partial charge is 0.484 e. The number of halogens is 1. The van der Waals surface area contributed by atoms with Crippen molar-refractivity contribution in [3.8, 4) is 11.4 Å². The van der Waals surface area contributed by atoms with E-state index in [2.05, 4.69) is 20.8 Å². The van der Waals surface area contributed by atoms with Crippen molar-refractivity contribution in [1.82, 2.24) is 20.1 Å². The Morgan fingerprint density at radius 2 is 1.65 bits per heavy atom. The summed E-state index contributed by atoms with van der Waals surface area (Å²) in [6.45, 7) is 6.52. The highest BCUT2D eigenvalue weighted by atomic mass is 32.2. The highest BCUT2D eigenvalue weighted by Gasteiger charge is 2.29. The van der Waals surface area contributed by atoms with Crippen molar-refractivity contribution in [2.75, 3.05) is 25.1 Å². The predicted molar refractivity (Wildman–Crippen MR) is 170 cm³/mol. The zero-order valence-electron chi connectivity index (χ0n) is 25.5. The lowest BCUT2D eigenvalue weighted by Gasteiger charge is -2.14. The van der Waals surface area contributed by atoms with Crippen LogP contribution in [0.25, 0.3) is 5.69 Å². The lowest BCUT2D eigenvalue weighted by atomic mass is 10.1. The number of hydrogen-bond acceptors (Lipinski definition) is 11. The second kappa shape index (κ2) is 16.0. The van der Waals surface area contributed by atoms with Crippen molar-refractivity contribution in [1.29, 1.82) is 0 Å². The number of aromatic nitrogens is 3. The molecule has 0 saturated carbocycles. The molecule has 1 atom stereocenters. The number of ether oxygens (including phenoxy) is 3. The summed E-state index contributed by atoms with van der Waals surface area (Å²) in [5, 5.41) is 13.6.